The van der Waals surface area contributed by atoms with E-state index in [-0.39, 0.29) is 65.1 Å². The Hall–Kier alpha value is -4.14. The zero-order valence-corrected chi connectivity index (χ0v) is 24.4. The first kappa shape index (κ1) is 29.9. The van der Waals surface area contributed by atoms with E-state index in [1.807, 2.05) is 4.90 Å². The number of piperidine rings is 1. The van der Waals surface area contributed by atoms with Crippen LogP contribution in [0.5, 0.6) is 11.8 Å². The average Bonchev–Trinajstić information content (AvgIpc) is 2.97. The number of nitrogens with one attached hydrogen (secondary N) is 1. The minimum absolute atomic E-state index is 0.0702. The molecule has 4 heterocycles. The molecule has 2 aliphatic heterocycles. The molecule has 2 fully saturated rings. The molecule has 8 nitrogen and oxygen atoms in total. The van der Waals surface area contributed by atoms with Gasteiger partial charge in [0.1, 0.15) is 34.8 Å². The van der Waals surface area contributed by atoms with Crippen LogP contribution in [0, 0.1) is 29.9 Å². The minimum Gasteiger partial charge on any atom is -0.508 e. The molecule has 0 amide bonds. The summed E-state index contributed by atoms with van der Waals surface area (Å²) in [6.07, 6.45) is 9.30. The molecule has 0 aliphatic carbocycles. The Morgan fingerprint density at radius 2 is 2.07 bits per heavy atom. The summed E-state index contributed by atoms with van der Waals surface area (Å²) in [5.74, 6) is 0.951. The summed E-state index contributed by atoms with van der Waals surface area (Å²) in [6, 6.07) is 5.27. The quantitative estimate of drug-likeness (QED) is 0.265. The summed E-state index contributed by atoms with van der Waals surface area (Å²) in [5, 5.41) is 25.3. The lowest BCUT2D eigenvalue weighted by Gasteiger charge is -2.37. The number of ether oxygens (including phenoxy) is 1. The van der Waals surface area contributed by atoms with Gasteiger partial charge in [0, 0.05) is 36.8 Å². The van der Waals surface area contributed by atoms with Crippen molar-refractivity contribution in [3.63, 3.8) is 0 Å². The molecule has 0 unspecified atom stereocenters. The largest absolute Gasteiger partial charge is 0.508 e. The van der Waals surface area contributed by atoms with E-state index < -0.39 is 23.4 Å². The van der Waals surface area contributed by atoms with Gasteiger partial charge in [-0.05, 0) is 75.1 Å². The lowest BCUT2D eigenvalue weighted by Crippen LogP contribution is -2.46. The standard InChI is InChI=1S/C33H34F3N5O3/c1-3-23-26(35)8-7-20-13-22(42)14-24(27(20)23)29-28(36)30-25(16-38-29)31(41-11-5-9-33(2,43)18-41)40-32(39-30)44-17-19-6-4-10-37-15-21(34)12-19/h1,7-8,13-14,16,19,21,37,42-43H,4-6,9-12,15,17-18H2,2H3/t19-,21-,33-/m1/s1. The van der Waals surface area contributed by atoms with Crippen LogP contribution in [0.15, 0.2) is 30.5 Å². The molecule has 2 aromatic heterocycles. The van der Waals surface area contributed by atoms with Gasteiger partial charge in [-0.25, -0.2) is 13.2 Å². The third-order valence-electron chi connectivity index (χ3n) is 8.44. The Kier molecular flexibility index (Phi) is 8.22. The predicted octanol–water partition coefficient (Wildman–Crippen LogP) is 5.27. The maximum atomic E-state index is 16.6. The Labute approximate surface area is 253 Å². The molecule has 4 aromatic rings. The maximum Gasteiger partial charge on any atom is 0.319 e. The van der Waals surface area contributed by atoms with E-state index in [9.17, 15) is 19.0 Å². The summed E-state index contributed by atoms with van der Waals surface area (Å²) in [4.78, 5) is 15.3. The fourth-order valence-electron chi connectivity index (χ4n) is 6.35. The van der Waals surface area contributed by atoms with Crippen LogP contribution in [0.2, 0.25) is 0 Å². The van der Waals surface area contributed by atoms with Gasteiger partial charge >= 0.3 is 6.01 Å². The summed E-state index contributed by atoms with van der Waals surface area (Å²) in [5.41, 5.74) is -1.24. The van der Waals surface area contributed by atoms with Crippen molar-refractivity contribution in [1.82, 2.24) is 20.3 Å². The van der Waals surface area contributed by atoms with Gasteiger partial charge in [-0.15, -0.1) is 6.42 Å². The number of fused-ring (bicyclic) bond motifs is 2. The first-order valence-electron chi connectivity index (χ1n) is 14.9. The number of hydrogen-bond acceptors (Lipinski definition) is 8. The molecule has 2 saturated heterocycles. The van der Waals surface area contributed by atoms with E-state index in [1.165, 1.54) is 30.5 Å². The van der Waals surface area contributed by atoms with Gasteiger partial charge < -0.3 is 25.2 Å². The molecule has 0 saturated carbocycles. The van der Waals surface area contributed by atoms with Crippen molar-refractivity contribution in [1.29, 1.82) is 0 Å². The molecule has 0 radical (unpaired) electrons. The smallest absolute Gasteiger partial charge is 0.319 e. The topological polar surface area (TPSA) is 104 Å². The number of rotatable bonds is 5. The lowest BCUT2D eigenvalue weighted by molar-refractivity contribution is 0.0447. The van der Waals surface area contributed by atoms with Crippen LogP contribution in [0.3, 0.4) is 0 Å². The molecule has 2 aromatic carbocycles. The van der Waals surface area contributed by atoms with Crippen LogP contribution in [0.1, 0.15) is 44.6 Å². The number of aromatic hydroxyl groups is 1. The van der Waals surface area contributed by atoms with E-state index in [2.05, 4.69) is 26.2 Å². The van der Waals surface area contributed by atoms with Crippen molar-refractivity contribution >= 4 is 27.5 Å². The highest BCUT2D eigenvalue weighted by Crippen LogP contribution is 2.39. The van der Waals surface area contributed by atoms with E-state index in [1.54, 1.807) is 6.92 Å². The van der Waals surface area contributed by atoms with Gasteiger partial charge in [-0.1, -0.05) is 12.0 Å². The highest BCUT2D eigenvalue weighted by Gasteiger charge is 2.32. The van der Waals surface area contributed by atoms with Gasteiger partial charge in [0.25, 0.3) is 0 Å². The molecule has 0 bridgehead atoms. The van der Waals surface area contributed by atoms with Gasteiger partial charge in [0.05, 0.1) is 23.2 Å². The Morgan fingerprint density at radius 3 is 2.86 bits per heavy atom. The zero-order chi connectivity index (χ0) is 31.0. The molecule has 3 N–H and O–H groups in total. The van der Waals surface area contributed by atoms with E-state index >= 15 is 4.39 Å². The monoisotopic (exact) mass is 605 g/mol. The predicted molar refractivity (Wildman–Crippen MR) is 162 cm³/mol. The van der Waals surface area contributed by atoms with Crippen LogP contribution < -0.4 is 15.0 Å². The number of aromatic nitrogens is 3. The summed E-state index contributed by atoms with van der Waals surface area (Å²) in [7, 11) is 0. The number of nitrogens with zero attached hydrogens (tertiary/aromatic N) is 4. The number of anilines is 1. The third-order valence-corrected chi connectivity index (χ3v) is 8.44. The summed E-state index contributed by atoms with van der Waals surface area (Å²) in [6.45, 7) is 3.72. The molecule has 230 valence electrons. The van der Waals surface area contributed by atoms with E-state index in [0.29, 0.717) is 42.4 Å². The van der Waals surface area contributed by atoms with E-state index in [0.717, 1.165) is 19.4 Å². The average molecular weight is 606 g/mol. The van der Waals surface area contributed by atoms with Crippen LogP contribution in [0.4, 0.5) is 19.0 Å². The normalized spacial score (nSPS) is 22.9. The zero-order valence-electron chi connectivity index (χ0n) is 24.4. The summed E-state index contributed by atoms with van der Waals surface area (Å²) < 4.78 is 51.8. The highest BCUT2D eigenvalue weighted by atomic mass is 19.1. The number of phenols is 1. The number of pyridine rings is 1. The van der Waals surface area contributed by atoms with Crippen molar-refractivity contribution in [3.8, 4) is 35.4 Å². The second-order valence-electron chi connectivity index (χ2n) is 12.0. The maximum absolute atomic E-state index is 16.6. The molecule has 6 rings (SSSR count). The number of terminal acetylenes is 1. The van der Waals surface area contributed by atoms with Crippen LogP contribution in [0.25, 0.3) is 32.9 Å². The van der Waals surface area contributed by atoms with Gasteiger partial charge in [-0.3, -0.25) is 4.98 Å². The van der Waals surface area contributed by atoms with Crippen LogP contribution in [-0.4, -0.2) is 69.7 Å². The second kappa shape index (κ2) is 12.1. The molecular formula is C33H34F3N5O3. The van der Waals surface area contributed by atoms with Crippen molar-refractivity contribution in [2.24, 2.45) is 5.92 Å². The number of aliphatic hydroxyl groups is 1. The molecule has 11 heteroatoms. The fraction of sp³-hybridized carbons (Fsp3) is 0.424. The summed E-state index contributed by atoms with van der Waals surface area (Å²) >= 11 is 0. The Morgan fingerprint density at radius 1 is 1.23 bits per heavy atom. The molecule has 44 heavy (non-hydrogen) atoms. The highest BCUT2D eigenvalue weighted by molar-refractivity contribution is 6.03. The number of alkyl halides is 1. The fourth-order valence-corrected chi connectivity index (χ4v) is 6.35. The number of hydrogen-bond donors (Lipinski definition) is 3. The molecule has 0 spiro atoms. The van der Waals surface area contributed by atoms with Crippen molar-refractivity contribution in [2.45, 2.75) is 50.8 Å². The van der Waals surface area contributed by atoms with Gasteiger partial charge in [0.15, 0.2) is 5.82 Å². The SMILES string of the molecule is C#Cc1c(F)ccc2cc(O)cc(-c3ncc4c(N5CCC[C@@](C)(O)C5)nc(OC[C@@H]5CCCNC[C@H](F)C5)nc4c3F)c12. The number of halogens is 3. The number of β-amino-alcohol motifs (C(OH)–C–C–N with tert-alkyl or cyclic N) is 1. The van der Waals surface area contributed by atoms with Crippen molar-refractivity contribution in [2.75, 3.05) is 37.7 Å². The second-order valence-corrected chi connectivity index (χ2v) is 12.0. The first-order chi connectivity index (χ1) is 21.1. The molecule has 3 atom stereocenters. The van der Waals surface area contributed by atoms with E-state index in [4.69, 9.17) is 11.2 Å². The Bertz CT molecular complexity index is 1760. The van der Waals surface area contributed by atoms with Gasteiger partial charge in [0.2, 0.25) is 0 Å². The first-order valence-corrected chi connectivity index (χ1v) is 14.9. The lowest BCUT2D eigenvalue weighted by atomic mass is 9.94. The number of benzene rings is 2. The van der Waals surface area contributed by atoms with Crippen molar-refractivity contribution < 1.29 is 28.1 Å². The number of phenolic OH excluding ortho intramolecular Hbond substituents is 1. The Balaban J connectivity index is 1.48. The van der Waals surface area contributed by atoms with Crippen LogP contribution in [-0.2, 0) is 0 Å². The minimum atomic E-state index is -1.01. The van der Waals surface area contributed by atoms with Crippen molar-refractivity contribution in [3.05, 3.63) is 47.7 Å². The molecule has 2 aliphatic rings. The van der Waals surface area contributed by atoms with Gasteiger partial charge in [-0.2, -0.15) is 9.97 Å². The van der Waals surface area contributed by atoms with Crippen LogP contribution >= 0.6 is 0 Å². The third kappa shape index (κ3) is 5.97. The molecular weight excluding hydrogens is 571 g/mol.